The third kappa shape index (κ3) is 6.93. The van der Waals surface area contributed by atoms with Gasteiger partial charge in [0, 0.05) is 45.7 Å². The number of aliphatic hydroxyl groups is 1. The molecule has 0 radical (unpaired) electrons. The van der Waals surface area contributed by atoms with Crippen molar-refractivity contribution >= 4 is 23.0 Å². The van der Waals surface area contributed by atoms with Gasteiger partial charge in [-0.05, 0) is 52.2 Å². The maximum absolute atomic E-state index is 13.1. The first-order valence-corrected chi connectivity index (χ1v) is 12.0. The van der Waals surface area contributed by atoms with Crippen LogP contribution in [0.15, 0.2) is 24.3 Å². The zero-order valence-electron chi connectivity index (χ0n) is 20.7. The molecule has 1 aliphatic rings. The Kier molecular flexibility index (Phi) is 8.90. The highest BCUT2D eigenvalue weighted by Gasteiger charge is 2.30. The van der Waals surface area contributed by atoms with Crippen LogP contribution < -0.4 is 5.32 Å². The topological polar surface area (TPSA) is 106 Å². The van der Waals surface area contributed by atoms with Crippen LogP contribution in [0.25, 0.3) is 11.0 Å². The van der Waals surface area contributed by atoms with Gasteiger partial charge in [0.25, 0.3) is 0 Å². The number of alkyl carbamates (subject to hydrolysis) is 1. The van der Waals surface area contributed by atoms with Crippen molar-refractivity contribution in [3.63, 3.8) is 0 Å². The molecule has 9 nitrogen and oxygen atoms in total. The molecule has 2 N–H and O–H groups in total. The van der Waals surface area contributed by atoms with E-state index in [1.807, 2.05) is 23.1 Å². The second-order valence-electron chi connectivity index (χ2n) is 9.87. The Morgan fingerprint density at radius 2 is 2.06 bits per heavy atom. The van der Waals surface area contributed by atoms with E-state index in [0.717, 1.165) is 42.7 Å². The number of imidazole rings is 1. The average Bonchev–Trinajstić information content (AvgIpc) is 3.16. The van der Waals surface area contributed by atoms with Gasteiger partial charge in [0.05, 0.1) is 23.7 Å². The molecule has 0 saturated carbocycles. The van der Waals surface area contributed by atoms with E-state index < -0.39 is 17.7 Å². The number of amides is 2. The molecular weight excluding hydrogens is 436 g/mol. The van der Waals surface area contributed by atoms with E-state index in [4.69, 9.17) is 14.5 Å². The fourth-order valence-electron chi connectivity index (χ4n) is 4.40. The van der Waals surface area contributed by atoms with E-state index in [1.54, 1.807) is 27.9 Å². The summed E-state index contributed by atoms with van der Waals surface area (Å²) < 4.78 is 12.7. The normalized spacial score (nSPS) is 17.6. The fraction of sp³-hybridized carbons (Fsp3) is 0.640. The van der Waals surface area contributed by atoms with Crippen molar-refractivity contribution in [2.24, 2.45) is 0 Å². The second kappa shape index (κ2) is 11.7. The SMILES string of the molecule is COCCCn1c(C2CCCN(C(=O)CC(CO)NC(=O)OC(C)(C)C)C2)nc2ccccc21. The largest absolute Gasteiger partial charge is 0.444 e. The highest BCUT2D eigenvalue weighted by molar-refractivity contribution is 5.78. The summed E-state index contributed by atoms with van der Waals surface area (Å²) in [5.41, 5.74) is 1.40. The van der Waals surface area contributed by atoms with Crippen molar-refractivity contribution in [1.29, 1.82) is 0 Å². The van der Waals surface area contributed by atoms with Crippen molar-refractivity contribution in [3.8, 4) is 0 Å². The number of fused-ring (bicyclic) bond motifs is 1. The first-order chi connectivity index (χ1) is 16.2. The minimum absolute atomic E-state index is 0.0206. The number of benzene rings is 1. The summed E-state index contributed by atoms with van der Waals surface area (Å²) in [6.45, 7) is 7.67. The minimum Gasteiger partial charge on any atom is -0.444 e. The van der Waals surface area contributed by atoms with Crippen LogP contribution >= 0.6 is 0 Å². The van der Waals surface area contributed by atoms with Gasteiger partial charge in [0.1, 0.15) is 11.4 Å². The molecule has 1 aromatic carbocycles. The summed E-state index contributed by atoms with van der Waals surface area (Å²) in [6, 6.07) is 7.41. The van der Waals surface area contributed by atoms with E-state index in [-0.39, 0.29) is 24.9 Å². The number of hydrogen-bond acceptors (Lipinski definition) is 6. The van der Waals surface area contributed by atoms with Crippen molar-refractivity contribution in [2.45, 2.75) is 70.6 Å². The van der Waals surface area contributed by atoms with Gasteiger partial charge < -0.3 is 29.4 Å². The fourth-order valence-corrected chi connectivity index (χ4v) is 4.40. The molecule has 9 heteroatoms. The number of aryl methyl sites for hydroxylation is 1. The third-order valence-electron chi connectivity index (χ3n) is 5.92. The smallest absolute Gasteiger partial charge is 0.407 e. The predicted octanol–water partition coefficient (Wildman–Crippen LogP) is 3.05. The predicted molar refractivity (Wildman–Crippen MR) is 130 cm³/mol. The Morgan fingerprint density at radius 3 is 2.76 bits per heavy atom. The maximum Gasteiger partial charge on any atom is 0.407 e. The molecule has 188 valence electrons. The summed E-state index contributed by atoms with van der Waals surface area (Å²) >= 11 is 0. The van der Waals surface area contributed by atoms with Gasteiger partial charge >= 0.3 is 6.09 Å². The van der Waals surface area contributed by atoms with Crippen molar-refractivity contribution in [1.82, 2.24) is 19.8 Å². The molecule has 1 fully saturated rings. The van der Waals surface area contributed by atoms with Crippen LogP contribution in [0.5, 0.6) is 0 Å². The number of rotatable bonds is 9. The highest BCUT2D eigenvalue weighted by Crippen LogP contribution is 2.30. The van der Waals surface area contributed by atoms with E-state index in [2.05, 4.69) is 16.0 Å². The Balaban J connectivity index is 1.69. The molecule has 0 spiro atoms. The number of para-hydroxylation sites is 2. The number of methoxy groups -OCH3 is 1. The monoisotopic (exact) mass is 474 g/mol. The number of likely N-dealkylation sites (tertiary alicyclic amines) is 1. The Hall–Kier alpha value is -2.65. The molecule has 3 rings (SSSR count). The van der Waals surface area contributed by atoms with Gasteiger partial charge in [-0.25, -0.2) is 9.78 Å². The number of nitrogens with zero attached hydrogens (tertiary/aromatic N) is 3. The molecule has 2 unspecified atom stereocenters. The number of hydrogen-bond donors (Lipinski definition) is 2. The van der Waals surface area contributed by atoms with Gasteiger partial charge in [0.2, 0.25) is 5.91 Å². The lowest BCUT2D eigenvalue weighted by molar-refractivity contribution is -0.133. The molecule has 1 saturated heterocycles. The molecule has 1 aromatic heterocycles. The van der Waals surface area contributed by atoms with Crippen LogP contribution in [0.1, 0.15) is 58.2 Å². The lowest BCUT2D eigenvalue weighted by Gasteiger charge is -2.33. The van der Waals surface area contributed by atoms with Crippen molar-refractivity contribution in [2.75, 3.05) is 33.4 Å². The summed E-state index contributed by atoms with van der Waals surface area (Å²) in [7, 11) is 1.70. The van der Waals surface area contributed by atoms with E-state index in [9.17, 15) is 14.7 Å². The second-order valence-corrected chi connectivity index (χ2v) is 9.87. The first kappa shape index (κ1) is 26.0. The minimum atomic E-state index is -0.693. The van der Waals surface area contributed by atoms with Crippen LogP contribution in [0.4, 0.5) is 4.79 Å². The molecule has 0 aliphatic carbocycles. The molecular formula is C25H38N4O5. The lowest BCUT2D eigenvalue weighted by atomic mass is 9.96. The van der Waals surface area contributed by atoms with E-state index >= 15 is 0 Å². The Bertz CT molecular complexity index is 968. The maximum atomic E-state index is 13.1. The number of aromatic nitrogens is 2. The molecule has 2 aromatic rings. The number of piperidine rings is 1. The molecule has 0 bridgehead atoms. The highest BCUT2D eigenvalue weighted by atomic mass is 16.6. The first-order valence-electron chi connectivity index (χ1n) is 12.0. The molecule has 1 aliphatic heterocycles. The van der Waals surface area contributed by atoms with Gasteiger partial charge in [-0.15, -0.1) is 0 Å². The molecule has 2 atom stereocenters. The van der Waals surface area contributed by atoms with Gasteiger partial charge in [-0.1, -0.05) is 12.1 Å². The summed E-state index contributed by atoms with van der Waals surface area (Å²) in [6.07, 6.45) is 2.10. The number of nitrogens with one attached hydrogen (secondary N) is 1. The van der Waals surface area contributed by atoms with Crippen molar-refractivity contribution in [3.05, 3.63) is 30.1 Å². The van der Waals surface area contributed by atoms with Gasteiger partial charge in [0.15, 0.2) is 0 Å². The average molecular weight is 475 g/mol. The molecule has 2 amide bonds. The number of carbonyl (C=O) groups is 2. The van der Waals surface area contributed by atoms with Gasteiger partial charge in [-0.2, -0.15) is 0 Å². The van der Waals surface area contributed by atoms with E-state index in [1.165, 1.54) is 0 Å². The Morgan fingerprint density at radius 1 is 1.29 bits per heavy atom. The van der Waals surface area contributed by atoms with Crippen LogP contribution in [0.2, 0.25) is 0 Å². The van der Waals surface area contributed by atoms with Gasteiger partial charge in [-0.3, -0.25) is 4.79 Å². The van der Waals surface area contributed by atoms with Crippen LogP contribution in [-0.4, -0.2) is 76.6 Å². The lowest BCUT2D eigenvalue weighted by Crippen LogP contribution is -2.46. The van der Waals surface area contributed by atoms with Crippen LogP contribution in [-0.2, 0) is 20.8 Å². The van der Waals surface area contributed by atoms with E-state index in [0.29, 0.717) is 19.7 Å². The van der Waals surface area contributed by atoms with Crippen molar-refractivity contribution < 1.29 is 24.2 Å². The molecule has 34 heavy (non-hydrogen) atoms. The zero-order valence-corrected chi connectivity index (χ0v) is 20.7. The third-order valence-corrected chi connectivity index (χ3v) is 5.92. The number of aliphatic hydroxyl groups excluding tert-OH is 1. The summed E-state index contributed by atoms with van der Waals surface area (Å²) in [4.78, 5) is 31.9. The number of carbonyl (C=O) groups excluding carboxylic acids is 2. The summed E-state index contributed by atoms with van der Waals surface area (Å²) in [5, 5.41) is 12.3. The van der Waals surface area contributed by atoms with Crippen LogP contribution in [0, 0.1) is 0 Å². The molecule has 2 heterocycles. The zero-order chi connectivity index (χ0) is 24.7. The quantitative estimate of drug-likeness (QED) is 0.541. The Labute approximate surface area is 201 Å². The standard InChI is InChI=1S/C25H38N4O5/c1-25(2,3)34-24(32)26-19(17-30)15-22(31)28-12-7-9-18(16-28)23-27-20-10-5-6-11-21(20)29(23)13-8-14-33-4/h5-6,10-11,18-19,30H,7-9,12-17H2,1-4H3,(H,26,32). The number of ether oxygens (including phenoxy) is 2. The van der Waals surface area contributed by atoms with Crippen LogP contribution in [0.3, 0.4) is 0 Å². The summed E-state index contributed by atoms with van der Waals surface area (Å²) in [5.74, 6) is 1.03.